The maximum absolute atomic E-state index is 12.6. The number of nitrogens with one attached hydrogen (secondary N) is 1. The van der Waals surface area contributed by atoms with E-state index in [1.54, 1.807) is 11.3 Å². The minimum absolute atomic E-state index is 0.0980. The predicted octanol–water partition coefficient (Wildman–Crippen LogP) is 4.60. The van der Waals surface area contributed by atoms with Gasteiger partial charge in [0.2, 0.25) is 0 Å². The molecule has 5 rings (SSSR count). The Labute approximate surface area is 174 Å². The van der Waals surface area contributed by atoms with Gasteiger partial charge >= 0.3 is 0 Å². The van der Waals surface area contributed by atoms with Gasteiger partial charge in [0.25, 0.3) is 5.91 Å². The molecule has 1 amide bonds. The highest BCUT2D eigenvalue weighted by atomic mass is 127. The summed E-state index contributed by atoms with van der Waals surface area (Å²) in [6.45, 7) is 3.22. The first-order valence-corrected chi connectivity index (χ1v) is 12.0. The summed E-state index contributed by atoms with van der Waals surface area (Å²) in [5.41, 5.74) is 2.88. The third-order valence-corrected chi connectivity index (χ3v) is 8.51. The van der Waals surface area contributed by atoms with Crippen molar-refractivity contribution in [3.8, 4) is 0 Å². The molecular formula is C17H16IN5O2S2. The highest BCUT2D eigenvalue weighted by Crippen LogP contribution is 2.42. The molecule has 10 heteroatoms. The number of anilines is 3. The fraction of sp³-hybridized carbons (Fsp3) is 0.294. The van der Waals surface area contributed by atoms with E-state index in [-0.39, 0.29) is 27.2 Å². The van der Waals surface area contributed by atoms with Gasteiger partial charge in [-0.2, -0.15) is 0 Å². The number of carbonyl (C=O) groups excluding carboxylic acids is 1. The number of halogens is 1. The fourth-order valence-electron chi connectivity index (χ4n) is 2.99. The summed E-state index contributed by atoms with van der Waals surface area (Å²) in [6.07, 6.45) is 0. The number of fused-ring (bicyclic) bond motifs is 2. The molecule has 140 valence electrons. The third-order valence-electron chi connectivity index (χ3n) is 4.39. The average molecular weight is 513 g/mol. The van der Waals surface area contributed by atoms with E-state index < -0.39 is 0 Å². The van der Waals surface area contributed by atoms with E-state index in [1.807, 2.05) is 24.3 Å². The summed E-state index contributed by atoms with van der Waals surface area (Å²) in [5.74, 6) is -0.0980. The van der Waals surface area contributed by atoms with Crippen LogP contribution >= 0.6 is 44.0 Å². The smallest absolute Gasteiger partial charge is 0.265 e. The summed E-state index contributed by atoms with van der Waals surface area (Å²) in [4.78, 5) is 21.2. The Morgan fingerprint density at radius 2 is 2.11 bits per heavy atom. The second-order valence-corrected chi connectivity index (χ2v) is 10.6. The molecule has 2 aliphatic rings. The van der Waals surface area contributed by atoms with Crippen molar-refractivity contribution in [2.24, 2.45) is 3.15 Å². The lowest BCUT2D eigenvalue weighted by atomic mass is 10.2. The van der Waals surface area contributed by atoms with Crippen molar-refractivity contribution >= 4 is 81.6 Å². The molecule has 3 aromatic rings. The van der Waals surface area contributed by atoms with Crippen molar-refractivity contribution in [2.75, 3.05) is 46.7 Å². The van der Waals surface area contributed by atoms with E-state index in [1.165, 1.54) is 11.3 Å². The second-order valence-electron chi connectivity index (χ2n) is 6.17. The molecule has 1 fully saturated rings. The Balaban J connectivity index is 1.33. The highest BCUT2D eigenvalue weighted by Gasteiger charge is 2.19. The van der Waals surface area contributed by atoms with Crippen molar-refractivity contribution < 1.29 is 9.53 Å². The third kappa shape index (κ3) is 3.35. The first-order chi connectivity index (χ1) is 13.2. The number of thiazole rings is 1. The van der Waals surface area contributed by atoms with Gasteiger partial charge < -0.3 is 18.1 Å². The average Bonchev–Trinajstić information content (AvgIpc) is 3.36. The van der Waals surface area contributed by atoms with Crippen LogP contribution in [0.5, 0.6) is 0 Å². The van der Waals surface area contributed by atoms with E-state index in [2.05, 4.69) is 23.5 Å². The molecule has 0 unspecified atom stereocenters. The van der Waals surface area contributed by atoms with Crippen molar-refractivity contribution in [1.29, 1.82) is 0 Å². The van der Waals surface area contributed by atoms with Gasteiger partial charge in [0.1, 0.15) is 26.1 Å². The molecule has 0 aliphatic carbocycles. The predicted molar refractivity (Wildman–Crippen MR) is 119 cm³/mol. The first kappa shape index (κ1) is 17.5. The number of morpholine rings is 1. The van der Waals surface area contributed by atoms with Gasteiger partial charge in [-0.25, -0.2) is 8.13 Å². The molecule has 4 heterocycles. The summed E-state index contributed by atoms with van der Waals surface area (Å²) >= 11 is 2.76. The van der Waals surface area contributed by atoms with Crippen LogP contribution in [-0.2, 0) is 4.74 Å². The van der Waals surface area contributed by atoms with E-state index >= 15 is 0 Å². The molecule has 27 heavy (non-hydrogen) atoms. The number of rotatable bonds is 3. The highest BCUT2D eigenvalue weighted by molar-refractivity contribution is 14.2. The van der Waals surface area contributed by atoms with Crippen LogP contribution in [0.15, 0.2) is 27.4 Å². The Morgan fingerprint density at radius 1 is 1.26 bits per heavy atom. The van der Waals surface area contributed by atoms with Crippen molar-refractivity contribution in [3.63, 3.8) is 0 Å². The van der Waals surface area contributed by atoms with Crippen LogP contribution in [0.3, 0.4) is 0 Å². The van der Waals surface area contributed by atoms with Crippen molar-refractivity contribution in [1.82, 2.24) is 4.98 Å². The topological polar surface area (TPSA) is 70.1 Å². The molecule has 7 nitrogen and oxygen atoms in total. The van der Waals surface area contributed by atoms with Crippen molar-refractivity contribution in [2.45, 2.75) is 0 Å². The molecule has 1 saturated heterocycles. The monoisotopic (exact) mass is 513 g/mol. The molecule has 1 aromatic carbocycles. The fourth-order valence-corrected chi connectivity index (χ4v) is 6.73. The van der Waals surface area contributed by atoms with Gasteiger partial charge in [-0.15, -0.1) is 11.3 Å². The lowest BCUT2D eigenvalue weighted by Crippen LogP contribution is -2.36. The lowest BCUT2D eigenvalue weighted by molar-refractivity contribution is 0.103. The number of benzene rings is 1. The molecule has 0 spiro atoms. The van der Waals surface area contributed by atoms with Gasteiger partial charge in [0.15, 0.2) is 5.13 Å². The number of aromatic nitrogens is 1. The normalized spacial score (nSPS) is 16.5. The lowest BCUT2D eigenvalue weighted by Gasteiger charge is -2.25. The Hall–Kier alpha value is -1.63. The van der Waals surface area contributed by atoms with Crippen molar-refractivity contribution in [3.05, 3.63) is 29.1 Å². The van der Waals surface area contributed by atoms with Gasteiger partial charge in [-0.05, 0) is 24.3 Å². The minimum Gasteiger partial charge on any atom is -0.378 e. The number of hydrogen-bond donors (Lipinski definition) is 1. The summed E-state index contributed by atoms with van der Waals surface area (Å²) in [7, 11) is 2.05. The van der Waals surface area contributed by atoms with Crippen LogP contribution in [0.4, 0.5) is 22.2 Å². The van der Waals surface area contributed by atoms with Crippen LogP contribution in [0.1, 0.15) is 9.67 Å². The standard InChI is InChI=1S/C17H16IN5O2S2/c1-22-12-3-2-10(8-11(12)21-18-22)19-15(24)13-9-14-16(26-13)20-17(27-14)23-4-6-25-7-5-23/h2-3,8-9H,4-7H2,1H3,(H,19,24). The Morgan fingerprint density at radius 3 is 2.93 bits per heavy atom. The quantitative estimate of drug-likeness (QED) is 0.410. The largest absolute Gasteiger partial charge is 0.378 e. The van der Waals surface area contributed by atoms with Crippen LogP contribution in [-0.4, -0.2) is 44.2 Å². The molecule has 2 aromatic heterocycles. The summed E-state index contributed by atoms with van der Waals surface area (Å²) in [5, 5.41) is 4.00. The second kappa shape index (κ2) is 7.08. The maximum atomic E-state index is 12.6. The zero-order chi connectivity index (χ0) is 18.4. The molecule has 0 atom stereocenters. The first-order valence-electron chi connectivity index (χ1n) is 8.45. The number of amides is 1. The van der Waals surface area contributed by atoms with Crippen LogP contribution in [0.25, 0.3) is 9.53 Å². The molecule has 0 saturated carbocycles. The number of nitrogens with zero attached hydrogens (tertiary/aromatic N) is 4. The number of hydrogen-bond acceptors (Lipinski definition) is 8. The Kier molecular flexibility index (Phi) is 4.58. The number of ether oxygens (including phenoxy) is 1. The van der Waals surface area contributed by atoms with E-state index in [0.717, 1.165) is 58.0 Å². The molecule has 1 N–H and O–H groups in total. The number of carbonyl (C=O) groups is 1. The van der Waals surface area contributed by atoms with E-state index in [9.17, 15) is 4.79 Å². The van der Waals surface area contributed by atoms with Crippen LogP contribution in [0, 0.1) is 0 Å². The SMILES string of the molecule is CN1I=Nc2cc(NC(=O)c3cc4sc(N5CCOCC5)nc4s3)ccc21. The minimum atomic E-state index is -0.317. The number of thiophene rings is 1. The van der Waals surface area contributed by atoms with Crippen LogP contribution < -0.4 is 13.3 Å². The van der Waals surface area contributed by atoms with E-state index in [0.29, 0.717) is 4.88 Å². The molecular weight excluding hydrogens is 497 g/mol. The Bertz CT molecular complexity index is 1030. The summed E-state index contributed by atoms with van der Waals surface area (Å²) in [6, 6.07) is 7.84. The van der Waals surface area contributed by atoms with Crippen LogP contribution in [0.2, 0.25) is 0 Å². The molecule has 2 aliphatic heterocycles. The van der Waals surface area contributed by atoms with E-state index in [4.69, 9.17) is 9.72 Å². The van der Waals surface area contributed by atoms with Gasteiger partial charge in [0, 0.05) is 25.8 Å². The van der Waals surface area contributed by atoms with Gasteiger partial charge in [-0.3, -0.25) is 4.79 Å². The molecule has 0 bridgehead atoms. The molecule has 0 radical (unpaired) electrons. The summed E-state index contributed by atoms with van der Waals surface area (Å²) < 4.78 is 13.2. The van der Waals surface area contributed by atoms with Gasteiger partial charge in [0.05, 0.1) is 34.2 Å². The zero-order valence-electron chi connectivity index (χ0n) is 14.4. The van der Waals surface area contributed by atoms with Gasteiger partial charge in [-0.1, -0.05) is 11.3 Å². The zero-order valence-corrected chi connectivity index (χ0v) is 18.2. The maximum Gasteiger partial charge on any atom is 0.265 e.